The Bertz CT molecular complexity index is 841. The molecule has 0 saturated heterocycles. The molecular weight excluding hydrogens is 321 g/mol. The Balaban J connectivity index is 2.33. The minimum absolute atomic E-state index is 0.335. The predicted molar refractivity (Wildman–Crippen MR) is 78.5 cm³/mol. The van der Waals surface area contributed by atoms with Gasteiger partial charge in [0.2, 0.25) is 0 Å². The number of fused-ring (bicyclic) bond motifs is 1. The molecule has 0 spiro atoms. The quantitative estimate of drug-likeness (QED) is 0.676. The summed E-state index contributed by atoms with van der Waals surface area (Å²) in [7, 11) is 1.83. The molecule has 20 heavy (non-hydrogen) atoms. The summed E-state index contributed by atoms with van der Waals surface area (Å²) < 4.78 is 16.5. The summed E-state index contributed by atoms with van der Waals surface area (Å²) in [6, 6.07) is 12.1. The van der Waals surface area contributed by atoms with E-state index >= 15 is 0 Å². The van der Waals surface area contributed by atoms with Crippen LogP contribution in [0.5, 0.6) is 0 Å². The molecule has 0 fully saturated rings. The van der Waals surface area contributed by atoms with Crippen molar-refractivity contribution in [2.24, 2.45) is 7.05 Å². The van der Waals surface area contributed by atoms with Crippen molar-refractivity contribution in [3.8, 4) is 17.5 Å². The van der Waals surface area contributed by atoms with E-state index in [0.717, 1.165) is 5.52 Å². The Kier molecular flexibility index (Phi) is 3.03. The van der Waals surface area contributed by atoms with Crippen molar-refractivity contribution in [3.05, 3.63) is 52.3 Å². The molecule has 0 amide bonds. The number of aromatic nitrogens is 2. The first-order valence-corrected chi connectivity index (χ1v) is 6.72. The molecule has 0 aliphatic carbocycles. The number of rotatable bonds is 1. The SMILES string of the molecule is Cn1c(-c2c(F)cccc2Br)nc2cc(C#N)ccc21. The maximum absolute atomic E-state index is 14.1. The zero-order valence-corrected chi connectivity index (χ0v) is 12.1. The highest BCUT2D eigenvalue weighted by Gasteiger charge is 2.16. The van der Waals surface area contributed by atoms with E-state index in [1.807, 2.05) is 17.7 Å². The number of aryl methyl sites for hydroxylation is 1. The number of imidazole rings is 1. The maximum atomic E-state index is 14.1. The minimum atomic E-state index is -0.335. The zero-order chi connectivity index (χ0) is 14.3. The standard InChI is InChI=1S/C15H9BrFN3/c1-20-13-6-5-9(8-18)7-12(13)19-15(20)14-10(16)3-2-4-11(14)17/h2-7H,1H3. The van der Waals surface area contributed by atoms with Crippen molar-refractivity contribution in [3.63, 3.8) is 0 Å². The lowest BCUT2D eigenvalue weighted by Crippen LogP contribution is -1.95. The second-order valence-corrected chi connectivity index (χ2v) is 5.26. The number of benzene rings is 2. The van der Waals surface area contributed by atoms with Gasteiger partial charge in [0.05, 0.1) is 28.2 Å². The summed E-state index contributed by atoms with van der Waals surface area (Å²) in [4.78, 5) is 4.45. The molecule has 0 radical (unpaired) electrons. The van der Waals surface area contributed by atoms with Gasteiger partial charge in [-0.3, -0.25) is 0 Å². The molecule has 0 N–H and O–H groups in total. The van der Waals surface area contributed by atoms with Gasteiger partial charge in [-0.15, -0.1) is 0 Å². The average Bonchev–Trinajstić information content (AvgIpc) is 2.75. The van der Waals surface area contributed by atoms with E-state index in [1.165, 1.54) is 6.07 Å². The van der Waals surface area contributed by atoms with Crippen LogP contribution >= 0.6 is 15.9 Å². The fraction of sp³-hybridized carbons (Fsp3) is 0.0667. The van der Waals surface area contributed by atoms with Gasteiger partial charge in [0.1, 0.15) is 11.6 Å². The van der Waals surface area contributed by atoms with Crippen LogP contribution in [0.2, 0.25) is 0 Å². The fourth-order valence-corrected chi connectivity index (χ4v) is 2.72. The smallest absolute Gasteiger partial charge is 0.144 e. The van der Waals surface area contributed by atoms with Crippen molar-refractivity contribution < 1.29 is 4.39 Å². The molecule has 2 aromatic carbocycles. The van der Waals surface area contributed by atoms with E-state index in [-0.39, 0.29) is 5.82 Å². The Morgan fingerprint density at radius 2 is 2.10 bits per heavy atom. The maximum Gasteiger partial charge on any atom is 0.144 e. The zero-order valence-electron chi connectivity index (χ0n) is 10.6. The van der Waals surface area contributed by atoms with Gasteiger partial charge in [-0.25, -0.2) is 9.37 Å². The van der Waals surface area contributed by atoms with E-state index in [2.05, 4.69) is 27.0 Å². The molecule has 0 aliphatic rings. The van der Waals surface area contributed by atoms with Crippen LogP contribution in [0.15, 0.2) is 40.9 Å². The Hall–Kier alpha value is -2.19. The normalized spacial score (nSPS) is 10.7. The first kappa shape index (κ1) is 12.8. The van der Waals surface area contributed by atoms with Crippen molar-refractivity contribution in [2.75, 3.05) is 0 Å². The molecule has 3 nitrogen and oxygen atoms in total. The number of nitriles is 1. The number of hydrogen-bond donors (Lipinski definition) is 0. The van der Waals surface area contributed by atoms with Gasteiger partial charge < -0.3 is 4.57 Å². The highest BCUT2D eigenvalue weighted by Crippen LogP contribution is 2.32. The second-order valence-electron chi connectivity index (χ2n) is 4.41. The first-order chi connectivity index (χ1) is 9.61. The van der Waals surface area contributed by atoms with Crippen LogP contribution in [0.25, 0.3) is 22.4 Å². The first-order valence-electron chi connectivity index (χ1n) is 5.93. The lowest BCUT2D eigenvalue weighted by atomic mass is 10.2. The number of nitrogens with zero attached hydrogens (tertiary/aromatic N) is 3. The van der Waals surface area contributed by atoms with E-state index in [4.69, 9.17) is 5.26 Å². The minimum Gasteiger partial charge on any atom is -0.327 e. The lowest BCUT2D eigenvalue weighted by molar-refractivity contribution is 0.628. The van der Waals surface area contributed by atoms with Crippen LogP contribution in [0.4, 0.5) is 4.39 Å². The average molecular weight is 330 g/mol. The molecule has 3 aromatic rings. The molecule has 5 heteroatoms. The molecule has 0 bridgehead atoms. The number of hydrogen-bond acceptors (Lipinski definition) is 2. The molecule has 1 heterocycles. The van der Waals surface area contributed by atoms with Crippen LogP contribution in [-0.4, -0.2) is 9.55 Å². The van der Waals surface area contributed by atoms with Crippen molar-refractivity contribution in [1.82, 2.24) is 9.55 Å². The summed E-state index contributed by atoms with van der Waals surface area (Å²) in [6.07, 6.45) is 0. The third-order valence-corrected chi connectivity index (χ3v) is 3.86. The van der Waals surface area contributed by atoms with Crippen molar-refractivity contribution in [2.45, 2.75) is 0 Å². The van der Waals surface area contributed by atoms with Gasteiger partial charge in [-0.2, -0.15) is 5.26 Å². The molecule has 0 saturated carbocycles. The van der Waals surface area contributed by atoms with E-state index < -0.39 is 0 Å². The largest absolute Gasteiger partial charge is 0.327 e. The van der Waals surface area contributed by atoms with Crippen LogP contribution < -0.4 is 0 Å². The van der Waals surface area contributed by atoms with Gasteiger partial charge in [0.25, 0.3) is 0 Å². The van der Waals surface area contributed by atoms with Gasteiger partial charge >= 0.3 is 0 Å². The lowest BCUT2D eigenvalue weighted by Gasteiger charge is -2.06. The van der Waals surface area contributed by atoms with Crippen LogP contribution in [0.1, 0.15) is 5.56 Å². The third-order valence-electron chi connectivity index (χ3n) is 3.20. The highest BCUT2D eigenvalue weighted by molar-refractivity contribution is 9.10. The summed E-state index contributed by atoms with van der Waals surface area (Å²) in [5.41, 5.74) is 2.49. The molecule has 98 valence electrons. The molecule has 1 aromatic heterocycles. The molecular formula is C15H9BrFN3. The molecule has 0 aliphatic heterocycles. The highest BCUT2D eigenvalue weighted by atomic mass is 79.9. The van der Waals surface area contributed by atoms with E-state index in [1.54, 1.807) is 24.3 Å². The molecule has 3 rings (SSSR count). The molecule has 0 unspecified atom stereocenters. The Labute approximate surface area is 123 Å². The fourth-order valence-electron chi connectivity index (χ4n) is 2.20. The predicted octanol–water partition coefficient (Wildman–Crippen LogP) is 4.01. The van der Waals surface area contributed by atoms with Crippen LogP contribution in [0.3, 0.4) is 0 Å². The Morgan fingerprint density at radius 1 is 1.30 bits per heavy atom. The topological polar surface area (TPSA) is 41.6 Å². The van der Waals surface area contributed by atoms with Crippen LogP contribution in [0, 0.1) is 17.1 Å². The van der Waals surface area contributed by atoms with Gasteiger partial charge in [0.15, 0.2) is 0 Å². The summed E-state index contributed by atoms with van der Waals surface area (Å²) >= 11 is 3.36. The summed E-state index contributed by atoms with van der Waals surface area (Å²) in [5, 5.41) is 8.93. The molecule has 0 atom stereocenters. The third kappa shape index (κ3) is 1.89. The number of halogens is 2. The monoisotopic (exact) mass is 329 g/mol. The van der Waals surface area contributed by atoms with E-state index in [0.29, 0.717) is 26.9 Å². The van der Waals surface area contributed by atoms with Crippen LogP contribution in [-0.2, 0) is 7.05 Å². The van der Waals surface area contributed by atoms with E-state index in [9.17, 15) is 4.39 Å². The second kappa shape index (κ2) is 4.73. The van der Waals surface area contributed by atoms with Gasteiger partial charge in [0, 0.05) is 11.5 Å². The summed E-state index contributed by atoms with van der Waals surface area (Å²) in [6.45, 7) is 0. The van der Waals surface area contributed by atoms with Crippen molar-refractivity contribution in [1.29, 1.82) is 5.26 Å². The van der Waals surface area contributed by atoms with Gasteiger partial charge in [-0.1, -0.05) is 6.07 Å². The summed E-state index contributed by atoms with van der Waals surface area (Å²) in [5.74, 6) is 0.193. The van der Waals surface area contributed by atoms with Gasteiger partial charge in [-0.05, 0) is 46.3 Å². The Morgan fingerprint density at radius 3 is 2.80 bits per heavy atom. The van der Waals surface area contributed by atoms with Crippen molar-refractivity contribution >= 4 is 27.0 Å².